The van der Waals surface area contributed by atoms with Crippen molar-refractivity contribution < 1.29 is 9.53 Å². The fraction of sp³-hybridized carbons (Fsp3) is 0.250. The number of nitrogens with one attached hydrogen (secondary N) is 1. The summed E-state index contributed by atoms with van der Waals surface area (Å²) in [5.41, 5.74) is 2.74. The first kappa shape index (κ1) is 11.3. The van der Waals surface area contributed by atoms with Gasteiger partial charge in [-0.2, -0.15) is 0 Å². The molecule has 0 saturated heterocycles. The van der Waals surface area contributed by atoms with E-state index in [0.29, 0.717) is 5.82 Å². The molecule has 2 aromatic rings. The maximum atomic E-state index is 11.1. The van der Waals surface area contributed by atoms with Crippen LogP contribution in [0.15, 0.2) is 24.5 Å². The summed E-state index contributed by atoms with van der Waals surface area (Å²) in [6.45, 7) is 1.92. The number of carbonyl (C=O) groups is 1. The molecule has 5 heteroatoms. The summed E-state index contributed by atoms with van der Waals surface area (Å²) >= 11 is 0. The monoisotopic (exact) mass is 231 g/mol. The average Bonchev–Trinajstić information content (AvgIpc) is 2.71. The average molecular weight is 231 g/mol. The number of nitrogens with zero attached hydrogens (tertiary/aromatic N) is 2. The first-order chi connectivity index (χ1) is 8.20. The van der Waals surface area contributed by atoms with Gasteiger partial charge < -0.3 is 9.72 Å². The van der Waals surface area contributed by atoms with Crippen molar-refractivity contribution in [3.8, 4) is 11.3 Å². The predicted molar refractivity (Wildman–Crippen MR) is 62.3 cm³/mol. The molecule has 0 atom stereocenters. The molecule has 0 fully saturated rings. The van der Waals surface area contributed by atoms with E-state index >= 15 is 0 Å². The highest BCUT2D eigenvalue weighted by Gasteiger charge is 2.11. The van der Waals surface area contributed by atoms with E-state index in [-0.39, 0.29) is 12.4 Å². The van der Waals surface area contributed by atoms with Gasteiger partial charge in [0.2, 0.25) is 0 Å². The van der Waals surface area contributed by atoms with E-state index in [2.05, 4.69) is 19.7 Å². The Morgan fingerprint density at radius 1 is 1.41 bits per heavy atom. The Morgan fingerprint density at radius 2 is 2.12 bits per heavy atom. The Balaban J connectivity index is 2.28. The van der Waals surface area contributed by atoms with Crippen LogP contribution in [-0.4, -0.2) is 28.0 Å². The van der Waals surface area contributed by atoms with Crippen molar-refractivity contribution in [1.82, 2.24) is 15.0 Å². The van der Waals surface area contributed by atoms with Crippen LogP contribution in [0, 0.1) is 6.92 Å². The number of ether oxygens (including phenoxy) is 1. The highest BCUT2D eigenvalue weighted by molar-refractivity contribution is 5.72. The number of hydrogen-bond acceptors (Lipinski definition) is 4. The third-order valence-corrected chi connectivity index (χ3v) is 2.43. The fourth-order valence-electron chi connectivity index (χ4n) is 1.61. The topological polar surface area (TPSA) is 67.9 Å². The van der Waals surface area contributed by atoms with E-state index in [0.717, 1.165) is 17.0 Å². The van der Waals surface area contributed by atoms with E-state index in [1.165, 1.54) is 7.11 Å². The summed E-state index contributed by atoms with van der Waals surface area (Å²) in [4.78, 5) is 22.6. The molecule has 0 aliphatic rings. The normalized spacial score (nSPS) is 10.2. The highest BCUT2D eigenvalue weighted by Crippen LogP contribution is 2.20. The second-order valence-corrected chi connectivity index (χ2v) is 3.65. The Hall–Kier alpha value is -2.17. The molecular weight excluding hydrogens is 218 g/mol. The zero-order valence-electron chi connectivity index (χ0n) is 9.73. The van der Waals surface area contributed by atoms with Gasteiger partial charge in [-0.1, -0.05) is 0 Å². The highest BCUT2D eigenvalue weighted by atomic mass is 16.5. The number of carbonyl (C=O) groups excluding carboxylic acids is 1. The van der Waals surface area contributed by atoms with Crippen molar-refractivity contribution in [3.05, 3.63) is 36.0 Å². The van der Waals surface area contributed by atoms with E-state index in [4.69, 9.17) is 0 Å². The molecule has 0 radical (unpaired) electrons. The molecule has 5 nitrogen and oxygen atoms in total. The summed E-state index contributed by atoms with van der Waals surface area (Å²) in [5.74, 6) is 0.307. The molecule has 0 unspecified atom stereocenters. The predicted octanol–water partition coefficient (Wildman–Crippen LogP) is 1.50. The molecule has 2 rings (SSSR count). The summed E-state index contributed by atoms with van der Waals surface area (Å²) < 4.78 is 4.60. The number of aromatic nitrogens is 3. The molecule has 2 heterocycles. The lowest BCUT2D eigenvalue weighted by molar-refractivity contribution is -0.139. The summed E-state index contributed by atoms with van der Waals surface area (Å²) in [6.07, 6.45) is 3.58. The maximum absolute atomic E-state index is 11.1. The summed E-state index contributed by atoms with van der Waals surface area (Å²) in [6, 6.07) is 3.76. The molecular formula is C12H13N3O2. The van der Waals surface area contributed by atoms with Crippen LogP contribution < -0.4 is 0 Å². The van der Waals surface area contributed by atoms with Crippen LogP contribution in [0.3, 0.4) is 0 Å². The minimum Gasteiger partial charge on any atom is -0.469 e. The number of esters is 1. The largest absolute Gasteiger partial charge is 0.469 e. The second-order valence-electron chi connectivity index (χ2n) is 3.65. The van der Waals surface area contributed by atoms with Gasteiger partial charge in [0.1, 0.15) is 12.2 Å². The minimum atomic E-state index is -0.306. The van der Waals surface area contributed by atoms with Gasteiger partial charge in [0.05, 0.1) is 12.8 Å². The van der Waals surface area contributed by atoms with Gasteiger partial charge in [0.15, 0.2) is 0 Å². The number of imidazole rings is 1. The van der Waals surface area contributed by atoms with Crippen LogP contribution in [-0.2, 0) is 16.0 Å². The van der Waals surface area contributed by atoms with E-state index in [9.17, 15) is 4.79 Å². The minimum absolute atomic E-state index is 0.155. The van der Waals surface area contributed by atoms with Gasteiger partial charge in [-0.25, -0.2) is 4.98 Å². The molecule has 0 amide bonds. The van der Waals surface area contributed by atoms with Crippen molar-refractivity contribution in [3.63, 3.8) is 0 Å². The number of rotatable bonds is 3. The Labute approximate surface area is 98.9 Å². The summed E-state index contributed by atoms with van der Waals surface area (Å²) in [5, 5.41) is 0. The van der Waals surface area contributed by atoms with Gasteiger partial charge in [0.25, 0.3) is 0 Å². The SMILES string of the molecule is COC(=O)Cc1nc(-c2ccncc2)c(C)[nH]1. The molecule has 1 N–H and O–H groups in total. The number of H-pyrrole nitrogens is 1. The Morgan fingerprint density at radius 3 is 2.76 bits per heavy atom. The van der Waals surface area contributed by atoms with Crippen LogP contribution in [0.25, 0.3) is 11.3 Å². The van der Waals surface area contributed by atoms with Crippen LogP contribution in [0.4, 0.5) is 0 Å². The lowest BCUT2D eigenvalue weighted by atomic mass is 10.2. The quantitative estimate of drug-likeness (QED) is 0.813. The van der Waals surface area contributed by atoms with Gasteiger partial charge >= 0.3 is 5.97 Å². The molecule has 0 aromatic carbocycles. The van der Waals surface area contributed by atoms with Gasteiger partial charge in [-0.15, -0.1) is 0 Å². The van der Waals surface area contributed by atoms with Crippen molar-refractivity contribution in [2.75, 3.05) is 7.11 Å². The number of methoxy groups -OCH3 is 1. The van der Waals surface area contributed by atoms with Crippen LogP contribution in [0.1, 0.15) is 11.5 Å². The van der Waals surface area contributed by atoms with Gasteiger partial charge in [-0.05, 0) is 19.1 Å². The van der Waals surface area contributed by atoms with E-state index in [1.54, 1.807) is 12.4 Å². The van der Waals surface area contributed by atoms with Gasteiger partial charge in [0, 0.05) is 23.7 Å². The maximum Gasteiger partial charge on any atom is 0.313 e. The number of aryl methyl sites for hydroxylation is 1. The Kier molecular flexibility index (Phi) is 3.18. The zero-order chi connectivity index (χ0) is 12.3. The van der Waals surface area contributed by atoms with Crippen LogP contribution in [0.5, 0.6) is 0 Å². The van der Waals surface area contributed by atoms with Crippen molar-refractivity contribution >= 4 is 5.97 Å². The van der Waals surface area contributed by atoms with E-state index < -0.39 is 0 Å². The molecule has 0 spiro atoms. The molecule has 0 aliphatic heterocycles. The third kappa shape index (κ3) is 2.50. The number of pyridine rings is 1. The number of aromatic amines is 1. The summed E-state index contributed by atoms with van der Waals surface area (Å²) in [7, 11) is 1.36. The van der Waals surface area contributed by atoms with E-state index in [1.807, 2.05) is 19.1 Å². The lowest BCUT2D eigenvalue weighted by Gasteiger charge is -1.96. The van der Waals surface area contributed by atoms with Crippen molar-refractivity contribution in [2.45, 2.75) is 13.3 Å². The molecule has 0 aliphatic carbocycles. The van der Waals surface area contributed by atoms with Crippen molar-refractivity contribution in [1.29, 1.82) is 0 Å². The Bertz CT molecular complexity index is 520. The fourth-order valence-corrected chi connectivity index (χ4v) is 1.61. The molecule has 17 heavy (non-hydrogen) atoms. The molecule has 0 saturated carbocycles. The van der Waals surface area contributed by atoms with Crippen LogP contribution in [0.2, 0.25) is 0 Å². The zero-order valence-corrected chi connectivity index (χ0v) is 9.73. The van der Waals surface area contributed by atoms with Gasteiger partial charge in [-0.3, -0.25) is 9.78 Å². The molecule has 88 valence electrons. The molecule has 2 aromatic heterocycles. The standard InChI is InChI=1S/C12H13N3O2/c1-8-12(9-3-5-13-6-4-9)15-10(14-8)7-11(16)17-2/h3-6H,7H2,1-2H3,(H,14,15). The molecule has 0 bridgehead atoms. The van der Waals surface area contributed by atoms with Crippen LogP contribution >= 0.6 is 0 Å². The number of hydrogen-bond donors (Lipinski definition) is 1. The third-order valence-electron chi connectivity index (χ3n) is 2.43. The smallest absolute Gasteiger partial charge is 0.313 e. The van der Waals surface area contributed by atoms with Crippen molar-refractivity contribution in [2.24, 2.45) is 0 Å². The second kappa shape index (κ2) is 4.78. The lowest BCUT2D eigenvalue weighted by Crippen LogP contribution is -2.05. The first-order valence-corrected chi connectivity index (χ1v) is 5.23. The first-order valence-electron chi connectivity index (χ1n) is 5.23.